The monoisotopic (exact) mass is 112 g/mol. The SMILES string of the molecule is CC1=C(C)OC=NN1. The summed E-state index contributed by atoms with van der Waals surface area (Å²) in [6.45, 7) is 3.79. The maximum absolute atomic E-state index is 4.92. The van der Waals surface area contributed by atoms with Crippen molar-refractivity contribution in [1.82, 2.24) is 5.43 Å². The quantitative estimate of drug-likeness (QED) is 0.503. The van der Waals surface area contributed by atoms with Crippen molar-refractivity contribution in [1.29, 1.82) is 0 Å². The minimum atomic E-state index is 0.875. The summed E-state index contributed by atoms with van der Waals surface area (Å²) in [6.07, 6.45) is 1.38. The third-order valence-electron chi connectivity index (χ3n) is 1.04. The molecule has 1 aliphatic heterocycles. The molecule has 1 N–H and O–H groups in total. The predicted molar refractivity (Wildman–Crippen MR) is 31.1 cm³/mol. The molecule has 0 unspecified atom stereocenters. The Morgan fingerprint density at radius 3 is 2.75 bits per heavy atom. The molecule has 0 fully saturated rings. The van der Waals surface area contributed by atoms with Gasteiger partial charge in [0.25, 0.3) is 0 Å². The van der Waals surface area contributed by atoms with Crippen LogP contribution >= 0.6 is 0 Å². The van der Waals surface area contributed by atoms with Gasteiger partial charge in [0, 0.05) is 0 Å². The summed E-state index contributed by atoms with van der Waals surface area (Å²) >= 11 is 0. The van der Waals surface area contributed by atoms with Crippen molar-refractivity contribution in [2.24, 2.45) is 5.10 Å². The fourth-order valence-corrected chi connectivity index (χ4v) is 0.396. The van der Waals surface area contributed by atoms with Crippen LogP contribution in [-0.4, -0.2) is 6.40 Å². The predicted octanol–water partition coefficient (Wildman–Crippen LogP) is 0.801. The first-order valence-corrected chi connectivity index (χ1v) is 2.42. The molecule has 0 amide bonds. The maximum Gasteiger partial charge on any atom is 0.199 e. The molecule has 0 aromatic rings. The molecule has 0 aromatic carbocycles. The molecular weight excluding hydrogens is 104 g/mol. The molecule has 44 valence electrons. The Kier molecular flexibility index (Phi) is 1.20. The Morgan fingerprint density at radius 2 is 2.38 bits per heavy atom. The van der Waals surface area contributed by atoms with Gasteiger partial charge in [-0.25, -0.2) is 0 Å². The molecule has 1 aliphatic rings. The molecular formula is C5H8N2O. The van der Waals surface area contributed by atoms with Gasteiger partial charge in [0.1, 0.15) is 5.76 Å². The molecule has 3 heteroatoms. The second-order valence-electron chi connectivity index (χ2n) is 1.65. The zero-order chi connectivity index (χ0) is 5.98. The number of hydrogen-bond acceptors (Lipinski definition) is 3. The number of hydrogen-bond donors (Lipinski definition) is 1. The van der Waals surface area contributed by atoms with Crippen LogP contribution in [0.1, 0.15) is 13.8 Å². The molecule has 8 heavy (non-hydrogen) atoms. The summed E-state index contributed by atoms with van der Waals surface area (Å²) in [4.78, 5) is 0. The second-order valence-corrected chi connectivity index (χ2v) is 1.65. The molecule has 0 saturated heterocycles. The molecule has 0 spiro atoms. The van der Waals surface area contributed by atoms with Crippen molar-refractivity contribution in [3.05, 3.63) is 11.5 Å². The lowest BCUT2D eigenvalue weighted by Crippen LogP contribution is -2.11. The standard InChI is InChI=1S/C5H8N2O/c1-4-5(2)8-3-6-7-4/h3,7H,1-2H3. The third kappa shape index (κ3) is 0.804. The first-order chi connectivity index (χ1) is 3.80. The number of allylic oxidation sites excluding steroid dienone is 2. The van der Waals surface area contributed by atoms with Gasteiger partial charge in [-0.15, -0.1) is 5.10 Å². The highest BCUT2D eigenvalue weighted by molar-refractivity contribution is 5.49. The molecule has 0 atom stereocenters. The van der Waals surface area contributed by atoms with E-state index in [9.17, 15) is 0 Å². The van der Waals surface area contributed by atoms with Crippen molar-refractivity contribution >= 4 is 6.40 Å². The van der Waals surface area contributed by atoms with E-state index in [1.54, 1.807) is 0 Å². The van der Waals surface area contributed by atoms with Gasteiger partial charge < -0.3 is 4.74 Å². The van der Waals surface area contributed by atoms with E-state index in [4.69, 9.17) is 4.74 Å². The zero-order valence-corrected chi connectivity index (χ0v) is 4.93. The summed E-state index contributed by atoms with van der Waals surface area (Å²) in [6, 6.07) is 0. The molecule has 0 aliphatic carbocycles. The topological polar surface area (TPSA) is 33.6 Å². The van der Waals surface area contributed by atoms with E-state index in [1.807, 2.05) is 13.8 Å². The van der Waals surface area contributed by atoms with Crippen LogP contribution in [0.2, 0.25) is 0 Å². The minimum Gasteiger partial charge on any atom is -0.447 e. The number of nitrogens with one attached hydrogen (secondary N) is 1. The number of hydrazone groups is 1. The largest absolute Gasteiger partial charge is 0.447 e. The highest BCUT2D eigenvalue weighted by Crippen LogP contribution is 2.02. The van der Waals surface area contributed by atoms with E-state index in [0.29, 0.717) is 0 Å². The van der Waals surface area contributed by atoms with Gasteiger partial charge >= 0.3 is 0 Å². The van der Waals surface area contributed by atoms with E-state index < -0.39 is 0 Å². The maximum atomic E-state index is 4.92. The van der Waals surface area contributed by atoms with E-state index >= 15 is 0 Å². The second kappa shape index (κ2) is 1.86. The lowest BCUT2D eigenvalue weighted by Gasteiger charge is -2.09. The van der Waals surface area contributed by atoms with E-state index in [1.165, 1.54) is 6.40 Å². The van der Waals surface area contributed by atoms with Gasteiger partial charge in [-0.1, -0.05) is 0 Å². The smallest absolute Gasteiger partial charge is 0.199 e. The Bertz CT molecular complexity index is 133. The van der Waals surface area contributed by atoms with Gasteiger partial charge in [0.15, 0.2) is 6.40 Å². The normalized spacial score (nSPS) is 17.8. The first kappa shape index (κ1) is 5.15. The molecule has 0 aromatic heterocycles. The van der Waals surface area contributed by atoms with Gasteiger partial charge in [-0.3, -0.25) is 5.43 Å². The lowest BCUT2D eigenvalue weighted by atomic mass is 10.4. The molecule has 1 rings (SSSR count). The molecule has 1 heterocycles. The molecule has 0 saturated carbocycles. The van der Waals surface area contributed by atoms with Crippen LogP contribution in [0.3, 0.4) is 0 Å². The van der Waals surface area contributed by atoms with Gasteiger partial charge in [-0.05, 0) is 13.8 Å². The Morgan fingerprint density at radius 1 is 1.62 bits per heavy atom. The van der Waals surface area contributed by atoms with E-state index in [-0.39, 0.29) is 0 Å². The van der Waals surface area contributed by atoms with Crippen LogP contribution in [-0.2, 0) is 4.74 Å². The Labute approximate surface area is 48.0 Å². The van der Waals surface area contributed by atoms with Crippen LogP contribution in [0, 0.1) is 0 Å². The summed E-state index contributed by atoms with van der Waals surface area (Å²) in [5, 5.41) is 3.65. The van der Waals surface area contributed by atoms with Crippen molar-refractivity contribution in [2.75, 3.05) is 0 Å². The first-order valence-electron chi connectivity index (χ1n) is 2.42. The number of ether oxygens (including phenoxy) is 1. The Balaban J connectivity index is 2.67. The zero-order valence-electron chi connectivity index (χ0n) is 4.93. The highest BCUT2D eigenvalue weighted by Gasteiger charge is 1.97. The van der Waals surface area contributed by atoms with Crippen molar-refractivity contribution in [3.63, 3.8) is 0 Å². The number of nitrogens with zero attached hydrogens (tertiary/aromatic N) is 1. The highest BCUT2D eigenvalue weighted by atomic mass is 16.5. The fraction of sp³-hybridized carbons (Fsp3) is 0.400. The molecule has 0 radical (unpaired) electrons. The average Bonchev–Trinajstić information content (AvgIpc) is 1.77. The van der Waals surface area contributed by atoms with Gasteiger partial charge in [-0.2, -0.15) is 0 Å². The summed E-state index contributed by atoms with van der Waals surface area (Å²) in [7, 11) is 0. The van der Waals surface area contributed by atoms with Gasteiger partial charge in [0.2, 0.25) is 0 Å². The molecule has 0 bridgehead atoms. The van der Waals surface area contributed by atoms with Crippen LogP contribution < -0.4 is 5.43 Å². The van der Waals surface area contributed by atoms with Crippen LogP contribution in [0.15, 0.2) is 16.6 Å². The van der Waals surface area contributed by atoms with Crippen molar-refractivity contribution in [2.45, 2.75) is 13.8 Å². The summed E-state index contributed by atoms with van der Waals surface area (Å²) < 4.78 is 4.92. The van der Waals surface area contributed by atoms with Crippen LogP contribution in [0.25, 0.3) is 0 Å². The van der Waals surface area contributed by atoms with Crippen LogP contribution in [0.4, 0.5) is 0 Å². The Hall–Kier alpha value is -0.990. The van der Waals surface area contributed by atoms with Gasteiger partial charge in [0.05, 0.1) is 5.70 Å². The fourth-order valence-electron chi connectivity index (χ4n) is 0.396. The van der Waals surface area contributed by atoms with E-state index in [2.05, 4.69) is 10.5 Å². The lowest BCUT2D eigenvalue weighted by molar-refractivity contribution is 0.404. The minimum absolute atomic E-state index is 0.875. The van der Waals surface area contributed by atoms with E-state index in [0.717, 1.165) is 11.5 Å². The van der Waals surface area contributed by atoms with Crippen LogP contribution in [0.5, 0.6) is 0 Å². The summed E-state index contributed by atoms with van der Waals surface area (Å²) in [5.74, 6) is 0.875. The van der Waals surface area contributed by atoms with Crippen molar-refractivity contribution < 1.29 is 4.74 Å². The average molecular weight is 112 g/mol. The third-order valence-corrected chi connectivity index (χ3v) is 1.04. The summed E-state index contributed by atoms with van der Waals surface area (Å²) in [5.41, 5.74) is 3.72. The number of rotatable bonds is 0. The van der Waals surface area contributed by atoms with Crippen molar-refractivity contribution in [3.8, 4) is 0 Å². The molecule has 3 nitrogen and oxygen atoms in total.